The highest BCUT2D eigenvalue weighted by Crippen LogP contribution is 2.13. The van der Waals surface area contributed by atoms with E-state index in [4.69, 9.17) is 4.42 Å². The molecular formula is C12H18BrNO2. The van der Waals surface area contributed by atoms with Gasteiger partial charge in [-0.1, -0.05) is 22.9 Å². The quantitative estimate of drug-likeness (QED) is 0.668. The molecule has 1 atom stereocenters. The van der Waals surface area contributed by atoms with Gasteiger partial charge in [0.15, 0.2) is 0 Å². The zero-order chi connectivity index (χ0) is 12.1. The molecule has 4 heteroatoms. The highest BCUT2D eigenvalue weighted by molar-refractivity contribution is 9.09. The van der Waals surface area contributed by atoms with Crippen molar-refractivity contribution in [2.75, 3.05) is 6.54 Å². The summed E-state index contributed by atoms with van der Waals surface area (Å²) in [5.41, 5.74) is 0.643. The average Bonchev–Trinajstić information content (AvgIpc) is 2.52. The predicted octanol–water partition coefficient (Wildman–Crippen LogP) is 3.19. The van der Waals surface area contributed by atoms with Gasteiger partial charge >= 0.3 is 0 Å². The molecule has 0 radical (unpaired) electrons. The number of furan rings is 1. The van der Waals surface area contributed by atoms with Gasteiger partial charge in [-0.3, -0.25) is 4.79 Å². The number of nitrogens with one attached hydrogen (secondary N) is 1. The molecule has 1 N–H and O–H groups in total. The largest absolute Gasteiger partial charge is 0.466 e. The molecule has 1 aromatic rings. The van der Waals surface area contributed by atoms with E-state index in [0.29, 0.717) is 22.7 Å². The summed E-state index contributed by atoms with van der Waals surface area (Å²) in [4.78, 5) is 12.2. The first kappa shape index (κ1) is 13.3. The zero-order valence-electron chi connectivity index (χ0n) is 9.97. The van der Waals surface area contributed by atoms with E-state index in [2.05, 4.69) is 28.2 Å². The molecule has 0 aliphatic heterocycles. The Morgan fingerprint density at radius 1 is 1.56 bits per heavy atom. The van der Waals surface area contributed by atoms with Crippen LogP contribution in [-0.2, 0) is 0 Å². The molecule has 3 nitrogen and oxygen atoms in total. The van der Waals surface area contributed by atoms with Crippen LogP contribution in [0.15, 0.2) is 10.5 Å². The van der Waals surface area contributed by atoms with Gasteiger partial charge < -0.3 is 9.73 Å². The minimum absolute atomic E-state index is 0.0448. The van der Waals surface area contributed by atoms with Crippen LogP contribution in [-0.4, -0.2) is 17.3 Å². The van der Waals surface area contributed by atoms with Crippen molar-refractivity contribution < 1.29 is 9.21 Å². The van der Waals surface area contributed by atoms with Gasteiger partial charge in [-0.25, -0.2) is 0 Å². The SMILES string of the molecule is Cc1cc(C(=O)NCCCC(C)Br)c(C)o1. The van der Waals surface area contributed by atoms with E-state index in [1.54, 1.807) is 6.07 Å². The fourth-order valence-corrected chi connectivity index (χ4v) is 1.86. The summed E-state index contributed by atoms with van der Waals surface area (Å²) in [6.45, 7) is 6.46. The fourth-order valence-electron chi connectivity index (χ4n) is 1.54. The molecule has 0 aliphatic rings. The van der Waals surface area contributed by atoms with Crippen LogP contribution in [0.1, 0.15) is 41.6 Å². The zero-order valence-corrected chi connectivity index (χ0v) is 11.6. The second-order valence-electron chi connectivity index (χ2n) is 4.01. The Balaban J connectivity index is 2.38. The van der Waals surface area contributed by atoms with Gasteiger partial charge in [-0.05, 0) is 32.8 Å². The number of carbonyl (C=O) groups excluding carboxylic acids is 1. The Morgan fingerprint density at radius 2 is 2.25 bits per heavy atom. The van der Waals surface area contributed by atoms with E-state index in [9.17, 15) is 4.79 Å². The second kappa shape index (κ2) is 6.09. The van der Waals surface area contributed by atoms with Crippen LogP contribution in [0.2, 0.25) is 0 Å². The van der Waals surface area contributed by atoms with Crippen molar-refractivity contribution in [3.8, 4) is 0 Å². The minimum Gasteiger partial charge on any atom is -0.466 e. The molecule has 1 heterocycles. The number of alkyl halides is 1. The van der Waals surface area contributed by atoms with Crippen LogP contribution < -0.4 is 5.32 Å². The van der Waals surface area contributed by atoms with Crippen molar-refractivity contribution in [3.63, 3.8) is 0 Å². The van der Waals surface area contributed by atoms with Gasteiger partial charge in [0.05, 0.1) is 5.56 Å². The first-order chi connectivity index (χ1) is 7.50. The third-order valence-electron chi connectivity index (χ3n) is 2.35. The van der Waals surface area contributed by atoms with Gasteiger partial charge in [0.1, 0.15) is 11.5 Å². The Bertz CT molecular complexity index is 358. The van der Waals surface area contributed by atoms with Crippen LogP contribution >= 0.6 is 15.9 Å². The van der Waals surface area contributed by atoms with Crippen molar-refractivity contribution in [3.05, 3.63) is 23.2 Å². The molecule has 1 aromatic heterocycles. The molecule has 0 saturated carbocycles. The predicted molar refractivity (Wildman–Crippen MR) is 68.1 cm³/mol. The lowest BCUT2D eigenvalue weighted by Crippen LogP contribution is -2.24. The fraction of sp³-hybridized carbons (Fsp3) is 0.583. The first-order valence-electron chi connectivity index (χ1n) is 5.50. The molecule has 0 aliphatic carbocycles. The lowest BCUT2D eigenvalue weighted by Gasteiger charge is -2.05. The molecule has 16 heavy (non-hydrogen) atoms. The second-order valence-corrected chi connectivity index (χ2v) is 5.57. The first-order valence-corrected chi connectivity index (χ1v) is 6.41. The van der Waals surface area contributed by atoms with E-state index in [-0.39, 0.29) is 5.91 Å². The number of hydrogen-bond donors (Lipinski definition) is 1. The summed E-state index contributed by atoms with van der Waals surface area (Å²) in [7, 11) is 0. The summed E-state index contributed by atoms with van der Waals surface area (Å²) in [6, 6.07) is 1.78. The highest BCUT2D eigenvalue weighted by Gasteiger charge is 2.12. The number of rotatable bonds is 5. The smallest absolute Gasteiger partial charge is 0.254 e. The molecule has 1 amide bonds. The molecule has 0 bridgehead atoms. The maximum Gasteiger partial charge on any atom is 0.254 e. The van der Waals surface area contributed by atoms with Gasteiger partial charge in [0, 0.05) is 11.4 Å². The van der Waals surface area contributed by atoms with Crippen molar-refractivity contribution in [1.29, 1.82) is 0 Å². The van der Waals surface area contributed by atoms with E-state index < -0.39 is 0 Å². The molecule has 1 unspecified atom stereocenters. The van der Waals surface area contributed by atoms with Crippen LogP contribution in [0.3, 0.4) is 0 Å². The lowest BCUT2D eigenvalue weighted by molar-refractivity contribution is 0.0951. The van der Waals surface area contributed by atoms with E-state index in [1.165, 1.54) is 0 Å². The van der Waals surface area contributed by atoms with Gasteiger partial charge in [-0.15, -0.1) is 0 Å². The number of carbonyl (C=O) groups is 1. The Labute approximate surface area is 105 Å². The topological polar surface area (TPSA) is 42.2 Å². The van der Waals surface area contributed by atoms with Crippen LogP contribution in [0.5, 0.6) is 0 Å². The van der Waals surface area contributed by atoms with Crippen molar-refractivity contribution >= 4 is 21.8 Å². The molecular weight excluding hydrogens is 270 g/mol. The summed E-state index contributed by atoms with van der Waals surface area (Å²) in [5, 5.41) is 2.89. The number of aryl methyl sites for hydroxylation is 2. The van der Waals surface area contributed by atoms with Crippen LogP contribution in [0.25, 0.3) is 0 Å². The van der Waals surface area contributed by atoms with E-state index in [0.717, 1.165) is 18.6 Å². The third-order valence-corrected chi connectivity index (χ3v) is 2.81. The van der Waals surface area contributed by atoms with Gasteiger partial charge in [0.25, 0.3) is 5.91 Å². The maximum absolute atomic E-state index is 11.7. The number of amides is 1. The molecule has 0 fully saturated rings. The summed E-state index contributed by atoms with van der Waals surface area (Å²) < 4.78 is 5.31. The van der Waals surface area contributed by atoms with E-state index in [1.807, 2.05) is 13.8 Å². The van der Waals surface area contributed by atoms with E-state index >= 15 is 0 Å². The lowest BCUT2D eigenvalue weighted by atomic mass is 10.2. The van der Waals surface area contributed by atoms with Crippen molar-refractivity contribution in [2.24, 2.45) is 0 Å². The molecule has 0 spiro atoms. The van der Waals surface area contributed by atoms with Gasteiger partial charge in [0.2, 0.25) is 0 Å². The minimum atomic E-state index is -0.0448. The Hall–Kier alpha value is -0.770. The number of hydrogen-bond acceptors (Lipinski definition) is 2. The normalized spacial score (nSPS) is 12.5. The molecule has 1 rings (SSSR count). The molecule has 0 saturated heterocycles. The average molecular weight is 288 g/mol. The highest BCUT2D eigenvalue weighted by atomic mass is 79.9. The Kier molecular flexibility index (Phi) is 5.06. The number of halogens is 1. The standard InChI is InChI=1S/C12H18BrNO2/c1-8(13)5-4-6-14-12(15)11-7-9(2)16-10(11)3/h7-8H,4-6H2,1-3H3,(H,14,15). The maximum atomic E-state index is 11.7. The monoisotopic (exact) mass is 287 g/mol. The third kappa shape index (κ3) is 4.00. The van der Waals surface area contributed by atoms with Crippen LogP contribution in [0, 0.1) is 13.8 Å². The molecule has 90 valence electrons. The van der Waals surface area contributed by atoms with Crippen molar-refractivity contribution in [2.45, 2.75) is 38.4 Å². The van der Waals surface area contributed by atoms with Crippen molar-refractivity contribution in [1.82, 2.24) is 5.32 Å². The van der Waals surface area contributed by atoms with Gasteiger partial charge in [-0.2, -0.15) is 0 Å². The summed E-state index contributed by atoms with van der Waals surface area (Å²) >= 11 is 3.47. The Morgan fingerprint density at radius 3 is 2.75 bits per heavy atom. The van der Waals surface area contributed by atoms with Crippen LogP contribution in [0.4, 0.5) is 0 Å². The molecule has 0 aromatic carbocycles. The summed E-state index contributed by atoms with van der Waals surface area (Å²) in [5.74, 6) is 1.41. The summed E-state index contributed by atoms with van der Waals surface area (Å²) in [6.07, 6.45) is 2.04.